The van der Waals surface area contributed by atoms with Gasteiger partial charge in [-0.2, -0.15) is 0 Å². The molecule has 1 rings (SSSR count). The number of methoxy groups -OCH3 is 2. The summed E-state index contributed by atoms with van der Waals surface area (Å²) in [6, 6.07) is 4.39. The molecule has 0 bridgehead atoms. The Labute approximate surface area is 115 Å². The van der Waals surface area contributed by atoms with Gasteiger partial charge in [-0.1, -0.05) is 20.8 Å². The molecule has 108 valence electrons. The minimum atomic E-state index is -0.278. The van der Waals surface area contributed by atoms with Crippen LogP contribution in [-0.2, 0) is 4.74 Å². The Kier molecular flexibility index (Phi) is 5.32. The van der Waals surface area contributed by atoms with Gasteiger partial charge < -0.3 is 14.8 Å². The van der Waals surface area contributed by atoms with Crippen molar-refractivity contribution in [1.29, 1.82) is 0 Å². The predicted molar refractivity (Wildman–Crippen MR) is 75.0 cm³/mol. The minimum absolute atomic E-state index is 0.0836. The number of halogens is 1. The molecule has 19 heavy (non-hydrogen) atoms. The number of hydrogen-bond acceptors (Lipinski definition) is 3. The molecular formula is C15H24FNO2. The number of ether oxygens (including phenoxy) is 2. The molecular weight excluding hydrogens is 245 g/mol. The van der Waals surface area contributed by atoms with E-state index in [0.29, 0.717) is 5.75 Å². The summed E-state index contributed by atoms with van der Waals surface area (Å²) in [6.45, 7) is 6.28. The number of hydrogen-bond donors (Lipinski definition) is 1. The van der Waals surface area contributed by atoms with E-state index in [-0.39, 0.29) is 23.4 Å². The third kappa shape index (κ3) is 3.67. The van der Waals surface area contributed by atoms with Gasteiger partial charge in [-0.3, -0.25) is 0 Å². The smallest absolute Gasteiger partial charge is 0.123 e. The van der Waals surface area contributed by atoms with Gasteiger partial charge in [0.1, 0.15) is 11.6 Å². The van der Waals surface area contributed by atoms with Gasteiger partial charge in [-0.05, 0) is 30.7 Å². The average molecular weight is 269 g/mol. The molecule has 0 aliphatic rings. The lowest BCUT2D eigenvalue weighted by Crippen LogP contribution is -2.40. The van der Waals surface area contributed by atoms with Gasteiger partial charge >= 0.3 is 0 Å². The van der Waals surface area contributed by atoms with Gasteiger partial charge in [-0.15, -0.1) is 0 Å². The standard InChI is InChI=1S/C15H24FNO2/c1-15(2,3)14(19-6)13(17-4)11-9-10(16)7-8-12(11)18-5/h7-9,13-14,17H,1-6H3. The summed E-state index contributed by atoms with van der Waals surface area (Å²) in [4.78, 5) is 0. The lowest BCUT2D eigenvalue weighted by molar-refractivity contribution is -0.0107. The Hall–Kier alpha value is -1.13. The van der Waals surface area contributed by atoms with E-state index >= 15 is 0 Å². The first-order chi connectivity index (χ1) is 8.85. The molecule has 0 heterocycles. The molecule has 2 atom stereocenters. The highest BCUT2D eigenvalue weighted by Crippen LogP contribution is 2.36. The van der Waals surface area contributed by atoms with Crippen LogP contribution in [0.3, 0.4) is 0 Å². The van der Waals surface area contributed by atoms with Crippen molar-refractivity contribution < 1.29 is 13.9 Å². The van der Waals surface area contributed by atoms with Gasteiger partial charge in [0.05, 0.1) is 19.3 Å². The molecule has 1 N–H and O–H groups in total. The van der Waals surface area contributed by atoms with E-state index in [1.807, 2.05) is 7.05 Å². The number of likely N-dealkylation sites (N-methyl/N-ethyl adjacent to an activating group) is 1. The largest absolute Gasteiger partial charge is 0.496 e. The van der Waals surface area contributed by atoms with E-state index in [2.05, 4.69) is 26.1 Å². The summed E-state index contributed by atoms with van der Waals surface area (Å²) in [6.07, 6.45) is -0.104. The van der Waals surface area contributed by atoms with Crippen molar-refractivity contribution in [2.45, 2.75) is 32.9 Å². The number of rotatable bonds is 5. The summed E-state index contributed by atoms with van der Waals surface area (Å²) in [5.74, 6) is 0.381. The molecule has 0 saturated heterocycles. The van der Waals surface area contributed by atoms with E-state index in [4.69, 9.17) is 9.47 Å². The average Bonchev–Trinajstić information content (AvgIpc) is 2.34. The number of nitrogens with one attached hydrogen (secondary N) is 1. The molecule has 0 spiro atoms. The van der Waals surface area contributed by atoms with Crippen LogP contribution in [0, 0.1) is 11.2 Å². The molecule has 0 aromatic heterocycles. The quantitative estimate of drug-likeness (QED) is 0.890. The molecule has 3 nitrogen and oxygen atoms in total. The fraction of sp³-hybridized carbons (Fsp3) is 0.600. The highest BCUT2D eigenvalue weighted by Gasteiger charge is 2.34. The molecule has 2 unspecified atom stereocenters. The van der Waals surface area contributed by atoms with Crippen molar-refractivity contribution in [3.05, 3.63) is 29.6 Å². The van der Waals surface area contributed by atoms with Gasteiger partial charge in [0.2, 0.25) is 0 Å². The second-order valence-electron chi connectivity index (χ2n) is 5.67. The second-order valence-corrected chi connectivity index (χ2v) is 5.67. The van der Waals surface area contributed by atoms with E-state index in [0.717, 1.165) is 5.56 Å². The summed E-state index contributed by atoms with van der Waals surface area (Å²) in [7, 11) is 5.10. The first-order valence-electron chi connectivity index (χ1n) is 6.38. The topological polar surface area (TPSA) is 30.5 Å². The molecule has 0 amide bonds. The zero-order chi connectivity index (χ0) is 14.6. The molecule has 4 heteroatoms. The van der Waals surface area contributed by atoms with Crippen LogP contribution >= 0.6 is 0 Å². The van der Waals surface area contributed by atoms with Gasteiger partial charge in [0, 0.05) is 12.7 Å². The first-order valence-corrected chi connectivity index (χ1v) is 6.38. The number of benzene rings is 1. The fourth-order valence-corrected chi connectivity index (χ4v) is 2.41. The predicted octanol–water partition coefficient (Wildman–Crippen LogP) is 3.16. The summed E-state index contributed by atoms with van der Waals surface area (Å²) < 4.78 is 24.5. The summed E-state index contributed by atoms with van der Waals surface area (Å²) >= 11 is 0. The van der Waals surface area contributed by atoms with Crippen molar-refractivity contribution in [2.24, 2.45) is 5.41 Å². The van der Waals surface area contributed by atoms with Crippen molar-refractivity contribution in [3.8, 4) is 5.75 Å². The van der Waals surface area contributed by atoms with Crippen molar-refractivity contribution in [3.63, 3.8) is 0 Å². The fourth-order valence-electron chi connectivity index (χ4n) is 2.41. The normalized spacial score (nSPS) is 15.1. The van der Waals surface area contributed by atoms with Crippen LogP contribution < -0.4 is 10.1 Å². The van der Waals surface area contributed by atoms with Gasteiger partial charge in [-0.25, -0.2) is 4.39 Å². The Morgan fingerprint density at radius 3 is 2.26 bits per heavy atom. The lowest BCUT2D eigenvalue weighted by atomic mass is 9.81. The molecule has 0 fully saturated rings. The maximum absolute atomic E-state index is 13.5. The van der Waals surface area contributed by atoms with Crippen LogP contribution in [0.4, 0.5) is 4.39 Å². The van der Waals surface area contributed by atoms with Crippen LogP contribution in [-0.4, -0.2) is 27.4 Å². The second kappa shape index (κ2) is 6.35. The Morgan fingerprint density at radius 2 is 1.84 bits per heavy atom. The lowest BCUT2D eigenvalue weighted by Gasteiger charge is -2.36. The van der Waals surface area contributed by atoms with Gasteiger partial charge in [0.25, 0.3) is 0 Å². The molecule has 1 aromatic rings. The molecule has 0 aliphatic carbocycles. The van der Waals surface area contributed by atoms with Crippen molar-refractivity contribution in [1.82, 2.24) is 5.32 Å². The minimum Gasteiger partial charge on any atom is -0.496 e. The zero-order valence-electron chi connectivity index (χ0n) is 12.6. The van der Waals surface area contributed by atoms with Crippen LogP contribution in [0.5, 0.6) is 5.75 Å². The highest BCUT2D eigenvalue weighted by atomic mass is 19.1. The Morgan fingerprint density at radius 1 is 1.21 bits per heavy atom. The van der Waals surface area contributed by atoms with Crippen molar-refractivity contribution >= 4 is 0 Å². The van der Waals surface area contributed by atoms with Crippen molar-refractivity contribution in [2.75, 3.05) is 21.3 Å². The molecule has 1 aromatic carbocycles. The SMILES string of the molecule is CNC(c1cc(F)ccc1OC)C(OC)C(C)(C)C. The van der Waals surface area contributed by atoms with Gasteiger partial charge in [0.15, 0.2) is 0 Å². The summed E-state index contributed by atoms with van der Waals surface area (Å²) in [5.41, 5.74) is 0.687. The highest BCUT2D eigenvalue weighted by molar-refractivity contribution is 5.37. The van der Waals surface area contributed by atoms with E-state index in [1.165, 1.54) is 12.1 Å². The maximum atomic E-state index is 13.5. The van der Waals surface area contributed by atoms with E-state index in [1.54, 1.807) is 20.3 Å². The summed E-state index contributed by atoms with van der Waals surface area (Å²) in [5, 5.41) is 3.21. The maximum Gasteiger partial charge on any atom is 0.123 e. The monoisotopic (exact) mass is 269 g/mol. The van der Waals surface area contributed by atoms with Crippen LogP contribution in [0.2, 0.25) is 0 Å². The Bertz CT molecular complexity index is 415. The van der Waals surface area contributed by atoms with E-state index in [9.17, 15) is 4.39 Å². The Balaban J connectivity index is 3.25. The first kappa shape index (κ1) is 15.9. The van der Waals surface area contributed by atoms with Crippen LogP contribution in [0.15, 0.2) is 18.2 Å². The zero-order valence-corrected chi connectivity index (χ0v) is 12.6. The van der Waals surface area contributed by atoms with Crippen LogP contribution in [0.1, 0.15) is 32.4 Å². The third-order valence-corrected chi connectivity index (χ3v) is 3.25. The molecule has 0 saturated carbocycles. The van der Waals surface area contributed by atoms with Crippen LogP contribution in [0.25, 0.3) is 0 Å². The van der Waals surface area contributed by atoms with E-state index < -0.39 is 0 Å². The molecule has 0 aliphatic heterocycles. The molecule has 0 radical (unpaired) electrons. The third-order valence-electron chi connectivity index (χ3n) is 3.25.